The van der Waals surface area contributed by atoms with Gasteiger partial charge < -0.3 is 20.0 Å². The summed E-state index contributed by atoms with van der Waals surface area (Å²) in [7, 11) is 3.70. The molecule has 1 amide bonds. The van der Waals surface area contributed by atoms with Crippen LogP contribution in [0.4, 0.5) is 11.4 Å². The predicted octanol–water partition coefficient (Wildman–Crippen LogP) is 0.903. The second-order valence-corrected chi connectivity index (χ2v) is 5.91. The summed E-state index contributed by atoms with van der Waals surface area (Å²) in [4.78, 5) is 15.4. The molecule has 0 spiro atoms. The van der Waals surface area contributed by atoms with Gasteiger partial charge in [-0.25, -0.2) is 0 Å². The molecule has 1 heterocycles. The van der Waals surface area contributed by atoms with Gasteiger partial charge in [0.15, 0.2) is 6.10 Å². The molecule has 5 nitrogen and oxygen atoms in total. The minimum absolute atomic E-state index is 0.132. The average Bonchev–Trinajstić information content (AvgIpc) is 2.62. The Balaban J connectivity index is 1.77. The van der Waals surface area contributed by atoms with Crippen LogP contribution in [0.3, 0.4) is 0 Å². The largest absolute Gasteiger partial charge is 0.393 e. The van der Waals surface area contributed by atoms with Gasteiger partial charge >= 0.3 is 0 Å². The maximum Gasteiger partial charge on any atom is 0.260 e. The molecule has 1 aliphatic heterocycles. The summed E-state index contributed by atoms with van der Waals surface area (Å²) in [5.74, 6) is 0.259. The third-order valence-corrected chi connectivity index (χ3v) is 4.42. The first-order valence-corrected chi connectivity index (χ1v) is 6.96. The van der Waals surface area contributed by atoms with Gasteiger partial charge in [0.25, 0.3) is 5.91 Å². The van der Waals surface area contributed by atoms with E-state index in [9.17, 15) is 15.0 Å². The Morgan fingerprint density at radius 2 is 2.05 bits per heavy atom. The number of anilines is 2. The highest BCUT2D eigenvalue weighted by Gasteiger charge is 2.34. The van der Waals surface area contributed by atoms with Gasteiger partial charge in [0.1, 0.15) is 0 Å². The van der Waals surface area contributed by atoms with E-state index >= 15 is 0 Å². The van der Waals surface area contributed by atoms with Crippen LogP contribution in [0.2, 0.25) is 0 Å². The first-order chi connectivity index (χ1) is 9.47. The number of likely N-dealkylation sites (N-methyl/N-ethyl adjacent to an activating group) is 1. The van der Waals surface area contributed by atoms with Gasteiger partial charge in [0, 0.05) is 31.9 Å². The molecule has 2 N–H and O–H groups in total. The van der Waals surface area contributed by atoms with E-state index in [0.29, 0.717) is 11.5 Å². The van der Waals surface area contributed by atoms with Crippen molar-refractivity contribution in [3.63, 3.8) is 0 Å². The fraction of sp³-hybridized carbons (Fsp3) is 0.533. The summed E-state index contributed by atoms with van der Waals surface area (Å²) in [6, 6.07) is 5.70. The van der Waals surface area contributed by atoms with Crippen LogP contribution < -0.4 is 9.80 Å². The Morgan fingerprint density at radius 1 is 1.35 bits per heavy atom. The maximum absolute atomic E-state index is 11.7. The molecule has 1 aliphatic carbocycles. The Labute approximate surface area is 118 Å². The molecular formula is C15H20N2O3. The van der Waals surface area contributed by atoms with E-state index in [4.69, 9.17) is 0 Å². The van der Waals surface area contributed by atoms with Crippen molar-refractivity contribution in [2.24, 2.45) is 5.92 Å². The van der Waals surface area contributed by atoms with Crippen LogP contribution in [0.5, 0.6) is 0 Å². The van der Waals surface area contributed by atoms with E-state index in [1.807, 2.05) is 25.2 Å². The number of fused-ring (bicyclic) bond motifs is 1. The molecule has 0 radical (unpaired) electrons. The molecule has 2 aliphatic rings. The maximum atomic E-state index is 11.7. The number of amides is 1. The summed E-state index contributed by atoms with van der Waals surface area (Å²) in [6.07, 6.45) is 0.571. The van der Waals surface area contributed by atoms with Gasteiger partial charge in [-0.1, -0.05) is 6.07 Å². The van der Waals surface area contributed by atoms with Crippen molar-refractivity contribution >= 4 is 17.3 Å². The summed E-state index contributed by atoms with van der Waals surface area (Å²) in [5.41, 5.74) is 2.48. The molecule has 1 unspecified atom stereocenters. The van der Waals surface area contributed by atoms with Crippen LogP contribution in [0.1, 0.15) is 24.5 Å². The van der Waals surface area contributed by atoms with Gasteiger partial charge in [0.05, 0.1) is 11.8 Å². The lowest BCUT2D eigenvalue weighted by Crippen LogP contribution is -2.37. The summed E-state index contributed by atoms with van der Waals surface area (Å²) < 4.78 is 0. The van der Waals surface area contributed by atoms with Crippen molar-refractivity contribution in [3.8, 4) is 0 Å². The van der Waals surface area contributed by atoms with Gasteiger partial charge in [0.2, 0.25) is 0 Å². The number of aliphatic hydroxyl groups excluding tert-OH is 2. The summed E-state index contributed by atoms with van der Waals surface area (Å²) in [6.45, 7) is 0.899. The van der Waals surface area contributed by atoms with E-state index < -0.39 is 6.10 Å². The Kier molecular flexibility index (Phi) is 3.18. The first-order valence-electron chi connectivity index (χ1n) is 6.96. The molecule has 1 saturated carbocycles. The quantitative estimate of drug-likeness (QED) is 0.861. The topological polar surface area (TPSA) is 64.0 Å². The van der Waals surface area contributed by atoms with Crippen molar-refractivity contribution in [1.29, 1.82) is 0 Å². The number of nitrogens with zero attached hydrogens (tertiary/aromatic N) is 2. The minimum atomic E-state index is -1.03. The van der Waals surface area contributed by atoms with Crippen LogP contribution in [0.15, 0.2) is 18.2 Å². The van der Waals surface area contributed by atoms with Crippen molar-refractivity contribution < 1.29 is 15.0 Å². The smallest absolute Gasteiger partial charge is 0.260 e. The van der Waals surface area contributed by atoms with Crippen molar-refractivity contribution in [2.45, 2.75) is 25.0 Å². The fourth-order valence-electron chi connectivity index (χ4n) is 3.07. The monoisotopic (exact) mass is 276 g/mol. The number of carbonyl (C=O) groups excluding carboxylic acids is 1. The molecule has 0 saturated heterocycles. The third-order valence-electron chi connectivity index (χ3n) is 4.42. The lowest BCUT2D eigenvalue weighted by Gasteiger charge is -2.35. The highest BCUT2D eigenvalue weighted by Crippen LogP contribution is 2.38. The molecule has 1 aromatic carbocycles. The predicted molar refractivity (Wildman–Crippen MR) is 76.8 cm³/mol. The lowest BCUT2D eigenvalue weighted by atomic mass is 9.82. The van der Waals surface area contributed by atoms with Gasteiger partial charge in [-0.2, -0.15) is 0 Å². The van der Waals surface area contributed by atoms with Gasteiger partial charge in [-0.15, -0.1) is 0 Å². The first kappa shape index (κ1) is 13.4. The zero-order chi connectivity index (χ0) is 14.4. The van der Waals surface area contributed by atoms with E-state index in [1.165, 1.54) is 4.90 Å². The minimum Gasteiger partial charge on any atom is -0.393 e. The molecule has 3 rings (SSSR count). The van der Waals surface area contributed by atoms with Crippen LogP contribution in [-0.4, -0.2) is 42.9 Å². The van der Waals surface area contributed by atoms with Gasteiger partial charge in [-0.05, 0) is 30.9 Å². The molecule has 108 valence electrons. The standard InChI is InChI=1S/C15H20N2O3/c1-16(8-9-5-11(18)6-9)10-3-4-12-13(7-10)17(2)15(20)14(12)19/h3-4,7,9,11,14,18-19H,5-6,8H2,1-2H3. The molecule has 0 bridgehead atoms. The number of benzene rings is 1. The Morgan fingerprint density at radius 3 is 2.70 bits per heavy atom. The number of aliphatic hydroxyl groups is 2. The molecule has 5 heteroatoms. The van der Waals surface area contributed by atoms with Crippen molar-refractivity contribution in [2.75, 3.05) is 30.4 Å². The van der Waals surface area contributed by atoms with Crippen molar-refractivity contribution in [3.05, 3.63) is 23.8 Å². The van der Waals surface area contributed by atoms with Gasteiger partial charge in [-0.3, -0.25) is 4.79 Å². The molecule has 1 fully saturated rings. The van der Waals surface area contributed by atoms with Crippen LogP contribution in [0.25, 0.3) is 0 Å². The summed E-state index contributed by atoms with van der Waals surface area (Å²) in [5, 5.41) is 19.2. The lowest BCUT2D eigenvalue weighted by molar-refractivity contribution is -0.125. The number of hydrogen-bond acceptors (Lipinski definition) is 4. The molecule has 0 aromatic heterocycles. The van der Waals surface area contributed by atoms with E-state index in [1.54, 1.807) is 7.05 Å². The van der Waals surface area contributed by atoms with Crippen LogP contribution in [0, 0.1) is 5.92 Å². The highest BCUT2D eigenvalue weighted by atomic mass is 16.3. The molecule has 20 heavy (non-hydrogen) atoms. The van der Waals surface area contributed by atoms with E-state index in [0.717, 1.165) is 30.8 Å². The number of rotatable bonds is 3. The number of hydrogen-bond donors (Lipinski definition) is 2. The Bertz CT molecular complexity index is 540. The molecule has 1 atom stereocenters. The van der Waals surface area contributed by atoms with E-state index in [-0.39, 0.29) is 12.0 Å². The highest BCUT2D eigenvalue weighted by molar-refractivity contribution is 6.03. The number of carbonyl (C=O) groups is 1. The second-order valence-electron chi connectivity index (χ2n) is 5.91. The average molecular weight is 276 g/mol. The molecular weight excluding hydrogens is 256 g/mol. The Hall–Kier alpha value is -1.59. The normalized spacial score (nSPS) is 28.3. The molecule has 1 aromatic rings. The third kappa shape index (κ3) is 2.07. The van der Waals surface area contributed by atoms with Crippen LogP contribution in [-0.2, 0) is 4.79 Å². The summed E-state index contributed by atoms with van der Waals surface area (Å²) >= 11 is 0. The second kappa shape index (κ2) is 4.75. The SMILES string of the molecule is CN(CC1CC(O)C1)c1ccc2c(c1)N(C)C(=O)C2O. The van der Waals surface area contributed by atoms with E-state index in [2.05, 4.69) is 4.90 Å². The zero-order valence-electron chi connectivity index (χ0n) is 11.8. The zero-order valence-corrected chi connectivity index (χ0v) is 11.8. The van der Waals surface area contributed by atoms with Crippen LogP contribution >= 0.6 is 0 Å². The van der Waals surface area contributed by atoms with Crippen molar-refractivity contribution in [1.82, 2.24) is 0 Å². The fourth-order valence-corrected chi connectivity index (χ4v) is 3.07.